The van der Waals surface area contributed by atoms with Crippen LogP contribution in [-0.2, 0) is 20.7 Å². The van der Waals surface area contributed by atoms with Gasteiger partial charge in [-0.05, 0) is 61.4 Å². The second kappa shape index (κ2) is 12.5. The first-order valence-electron chi connectivity index (χ1n) is 13.2. The maximum atomic E-state index is 13.7. The lowest BCUT2D eigenvalue weighted by Crippen LogP contribution is -2.44. The van der Waals surface area contributed by atoms with Gasteiger partial charge in [0.2, 0.25) is 5.91 Å². The summed E-state index contributed by atoms with van der Waals surface area (Å²) in [5, 5.41) is 5.02. The van der Waals surface area contributed by atoms with Crippen molar-refractivity contribution >= 4 is 63.7 Å². The summed E-state index contributed by atoms with van der Waals surface area (Å²) in [6, 6.07) is 13.6. The molecule has 5 rings (SSSR count). The second-order valence-corrected chi connectivity index (χ2v) is 11.3. The molecule has 1 N–H and O–H groups in total. The number of nitrogens with zero attached hydrogens (tertiary/aromatic N) is 2. The Morgan fingerprint density at radius 1 is 1.02 bits per heavy atom. The van der Waals surface area contributed by atoms with Gasteiger partial charge in [0.05, 0.1) is 23.0 Å². The van der Waals surface area contributed by atoms with Crippen LogP contribution in [0.3, 0.4) is 0 Å². The van der Waals surface area contributed by atoms with Crippen molar-refractivity contribution in [2.75, 3.05) is 36.0 Å². The highest BCUT2D eigenvalue weighted by molar-refractivity contribution is 7.12. The number of aryl methyl sites for hydroxylation is 1. The molecule has 210 valence electrons. The fourth-order valence-corrected chi connectivity index (χ4v) is 5.93. The maximum Gasteiger partial charge on any atom is 0.325 e. The average Bonchev–Trinajstić information content (AvgIpc) is 3.69. The van der Waals surface area contributed by atoms with Gasteiger partial charge in [0.1, 0.15) is 17.2 Å². The number of para-hydroxylation sites is 2. The van der Waals surface area contributed by atoms with Gasteiger partial charge in [0, 0.05) is 36.6 Å². The first kappa shape index (κ1) is 28.3. The van der Waals surface area contributed by atoms with Crippen LogP contribution < -0.4 is 19.9 Å². The molecule has 1 aliphatic heterocycles. The largest absolute Gasteiger partial charge is 0.465 e. The van der Waals surface area contributed by atoms with Crippen molar-refractivity contribution in [3.05, 3.63) is 68.3 Å². The quantitative estimate of drug-likeness (QED) is 0.283. The zero-order valence-electron chi connectivity index (χ0n) is 22.0. The molecule has 0 unspecified atom stereocenters. The Labute approximate surface area is 246 Å². The summed E-state index contributed by atoms with van der Waals surface area (Å²) in [5.74, 6) is -0.203. The number of rotatable bonds is 10. The molecular formula is C29H29Cl2N3O5S. The van der Waals surface area contributed by atoms with E-state index in [1.807, 2.05) is 28.5 Å². The summed E-state index contributed by atoms with van der Waals surface area (Å²) in [4.78, 5) is 41.9. The van der Waals surface area contributed by atoms with Gasteiger partial charge in [-0.2, -0.15) is 0 Å². The molecule has 2 aliphatic rings. The summed E-state index contributed by atoms with van der Waals surface area (Å²) in [6.07, 6.45) is 2.82. The number of fused-ring (bicyclic) bond motifs is 1. The molecule has 3 aromatic rings. The highest BCUT2D eigenvalue weighted by atomic mass is 35.5. The third-order valence-electron chi connectivity index (χ3n) is 6.78. The Bertz CT molecular complexity index is 1420. The molecule has 2 heterocycles. The van der Waals surface area contributed by atoms with E-state index in [0.29, 0.717) is 51.0 Å². The number of carbonyl (C=O) groups excluding carboxylic acids is 3. The van der Waals surface area contributed by atoms with Crippen molar-refractivity contribution in [3.8, 4) is 11.5 Å². The molecule has 1 aliphatic carbocycles. The van der Waals surface area contributed by atoms with Crippen molar-refractivity contribution in [2.24, 2.45) is 0 Å². The molecule has 0 bridgehead atoms. The van der Waals surface area contributed by atoms with Crippen LogP contribution in [0.1, 0.15) is 41.4 Å². The Morgan fingerprint density at radius 3 is 2.55 bits per heavy atom. The number of esters is 1. The van der Waals surface area contributed by atoms with Crippen LogP contribution in [-0.4, -0.2) is 50.1 Å². The number of halogens is 2. The van der Waals surface area contributed by atoms with Gasteiger partial charge >= 0.3 is 5.97 Å². The molecule has 0 atom stereocenters. The Morgan fingerprint density at radius 2 is 1.80 bits per heavy atom. The zero-order chi connectivity index (χ0) is 28.2. The summed E-state index contributed by atoms with van der Waals surface area (Å²) in [6.45, 7) is 3.16. The fraction of sp³-hybridized carbons (Fsp3) is 0.345. The smallest absolute Gasteiger partial charge is 0.325 e. The number of ether oxygens (including phenoxy) is 2. The van der Waals surface area contributed by atoms with E-state index in [9.17, 15) is 14.4 Å². The third kappa shape index (κ3) is 6.37. The molecule has 2 amide bonds. The molecule has 0 radical (unpaired) electrons. The van der Waals surface area contributed by atoms with E-state index in [2.05, 4.69) is 16.3 Å². The molecule has 1 aromatic heterocycles. The van der Waals surface area contributed by atoms with Gasteiger partial charge < -0.3 is 24.6 Å². The third-order valence-corrected chi connectivity index (χ3v) is 8.31. The predicted molar refractivity (Wildman–Crippen MR) is 157 cm³/mol. The summed E-state index contributed by atoms with van der Waals surface area (Å²) in [5.41, 5.74) is 2.65. The Kier molecular flexibility index (Phi) is 8.83. The average molecular weight is 603 g/mol. The van der Waals surface area contributed by atoms with Crippen LogP contribution in [0.25, 0.3) is 0 Å². The Hall–Kier alpha value is -3.27. The monoisotopic (exact) mass is 601 g/mol. The van der Waals surface area contributed by atoms with Crippen LogP contribution >= 0.6 is 34.5 Å². The van der Waals surface area contributed by atoms with E-state index >= 15 is 0 Å². The van der Waals surface area contributed by atoms with Crippen LogP contribution in [0.2, 0.25) is 10.0 Å². The van der Waals surface area contributed by atoms with Gasteiger partial charge in [0.25, 0.3) is 5.91 Å². The lowest BCUT2D eigenvalue weighted by atomic mass is 10.1. The van der Waals surface area contributed by atoms with E-state index in [1.54, 1.807) is 25.1 Å². The van der Waals surface area contributed by atoms with Crippen molar-refractivity contribution < 1.29 is 23.9 Å². The summed E-state index contributed by atoms with van der Waals surface area (Å²) in [7, 11) is 0. The van der Waals surface area contributed by atoms with Crippen molar-refractivity contribution in [1.29, 1.82) is 0 Å². The van der Waals surface area contributed by atoms with Crippen molar-refractivity contribution in [3.63, 3.8) is 0 Å². The highest BCUT2D eigenvalue weighted by Crippen LogP contribution is 2.42. The molecule has 11 heteroatoms. The number of hydrogen-bond acceptors (Lipinski definition) is 7. The zero-order valence-corrected chi connectivity index (χ0v) is 24.3. The molecule has 1 saturated carbocycles. The van der Waals surface area contributed by atoms with E-state index in [1.165, 1.54) is 24.2 Å². The first-order valence-corrected chi connectivity index (χ1v) is 14.8. The van der Waals surface area contributed by atoms with Crippen LogP contribution in [0.5, 0.6) is 11.5 Å². The normalized spacial score (nSPS) is 14.5. The van der Waals surface area contributed by atoms with Crippen LogP contribution in [0, 0.1) is 0 Å². The summed E-state index contributed by atoms with van der Waals surface area (Å²) >= 11 is 14.3. The van der Waals surface area contributed by atoms with Crippen molar-refractivity contribution in [1.82, 2.24) is 5.32 Å². The molecule has 40 heavy (non-hydrogen) atoms. The Balaban J connectivity index is 1.26. The lowest BCUT2D eigenvalue weighted by molar-refractivity contribution is -0.143. The van der Waals surface area contributed by atoms with Gasteiger partial charge in [-0.3, -0.25) is 14.4 Å². The van der Waals surface area contributed by atoms with Crippen LogP contribution in [0.15, 0.2) is 47.8 Å². The van der Waals surface area contributed by atoms with E-state index < -0.39 is 5.97 Å². The molecule has 0 spiro atoms. The lowest BCUT2D eigenvalue weighted by Gasteiger charge is -2.37. The SMILES string of the molecule is CCOC(=O)CNC(=O)CCc1cc(Cl)c(Oc2ccsc2C(=O)N2CCN(C3CC3)c3ccccc32)cc1Cl. The van der Waals surface area contributed by atoms with Gasteiger partial charge in [0.15, 0.2) is 5.75 Å². The molecule has 1 fully saturated rings. The number of hydrogen-bond donors (Lipinski definition) is 1. The minimum atomic E-state index is -0.491. The number of benzene rings is 2. The van der Waals surface area contributed by atoms with Gasteiger partial charge in [-0.25, -0.2) is 0 Å². The van der Waals surface area contributed by atoms with E-state index in [-0.39, 0.29) is 31.4 Å². The number of anilines is 2. The van der Waals surface area contributed by atoms with E-state index in [4.69, 9.17) is 32.7 Å². The predicted octanol–water partition coefficient (Wildman–Crippen LogP) is 6.09. The van der Waals surface area contributed by atoms with Gasteiger partial charge in [-0.15, -0.1) is 11.3 Å². The summed E-state index contributed by atoms with van der Waals surface area (Å²) < 4.78 is 10.9. The minimum absolute atomic E-state index is 0.119. The molecule has 0 saturated heterocycles. The number of amides is 2. The van der Waals surface area contributed by atoms with E-state index in [0.717, 1.165) is 17.9 Å². The molecule has 8 nitrogen and oxygen atoms in total. The van der Waals surface area contributed by atoms with Crippen LogP contribution in [0.4, 0.5) is 11.4 Å². The first-order chi connectivity index (χ1) is 19.4. The number of nitrogens with one attached hydrogen (secondary N) is 1. The van der Waals surface area contributed by atoms with Crippen molar-refractivity contribution in [2.45, 2.75) is 38.6 Å². The van der Waals surface area contributed by atoms with Gasteiger partial charge in [-0.1, -0.05) is 35.3 Å². The minimum Gasteiger partial charge on any atom is -0.465 e. The number of carbonyl (C=O) groups is 3. The topological polar surface area (TPSA) is 88.2 Å². The standard InChI is InChI=1S/C29H29Cl2N3O5S/c1-2-38-27(36)17-32-26(35)10-7-18-15-21(31)25(16-20(18)30)39-24-11-14-40-28(24)29(37)34-13-12-33(19-8-9-19)22-5-3-4-6-23(22)34/h3-6,11,14-16,19H,2,7-10,12-13,17H2,1H3,(H,32,35). The second-order valence-electron chi connectivity index (χ2n) is 9.54. The fourth-order valence-electron chi connectivity index (χ4n) is 4.69. The molecule has 2 aromatic carbocycles. The number of thiophene rings is 1. The molecular weight excluding hydrogens is 573 g/mol. The highest BCUT2D eigenvalue weighted by Gasteiger charge is 2.36. The maximum absolute atomic E-state index is 13.7.